The Morgan fingerprint density at radius 1 is 1.82 bits per heavy atom. The number of nitrogens with zero attached hydrogens (tertiary/aromatic N) is 1. The Hall–Kier alpha value is -1.03. The van der Waals surface area contributed by atoms with Crippen molar-refractivity contribution in [3.8, 4) is 5.75 Å². The van der Waals surface area contributed by atoms with E-state index in [-0.39, 0.29) is 16.5 Å². The van der Waals surface area contributed by atoms with Crippen LogP contribution in [-0.4, -0.2) is 16.8 Å². The van der Waals surface area contributed by atoms with Gasteiger partial charge in [-0.3, -0.25) is 4.79 Å². The maximum Gasteiger partial charge on any atom is 0.306 e. The number of H-pyrrole nitrogens is 1. The first-order valence-corrected chi connectivity index (χ1v) is 3.50. The van der Waals surface area contributed by atoms with Crippen LogP contribution in [0.5, 0.6) is 5.75 Å². The smallest absolute Gasteiger partial charge is 0.306 e. The molecule has 0 amide bonds. The van der Waals surface area contributed by atoms with Gasteiger partial charge in [-0.2, -0.15) is 5.10 Å². The van der Waals surface area contributed by atoms with Crippen LogP contribution in [0.25, 0.3) is 0 Å². The number of ether oxygens (including phenoxy) is 1. The van der Waals surface area contributed by atoms with Crippen LogP contribution in [0.3, 0.4) is 0 Å². The van der Waals surface area contributed by atoms with E-state index in [0.29, 0.717) is 6.61 Å². The quantitative estimate of drug-likeness (QED) is 0.723. The lowest BCUT2D eigenvalue weighted by Crippen LogP contribution is -2.11. The molecule has 1 heterocycles. The van der Waals surface area contributed by atoms with E-state index >= 15 is 0 Å². The predicted molar refractivity (Wildman–Crippen MR) is 41.0 cm³/mol. The molecule has 0 aliphatic rings. The zero-order valence-electron chi connectivity index (χ0n) is 5.93. The van der Waals surface area contributed by atoms with Gasteiger partial charge in [-0.25, -0.2) is 5.10 Å². The van der Waals surface area contributed by atoms with Gasteiger partial charge in [0.2, 0.25) is 0 Å². The van der Waals surface area contributed by atoms with Crippen molar-refractivity contribution in [2.24, 2.45) is 0 Å². The SMILES string of the molecule is CCOc1cc(Cl)n[nH]c1=O. The number of hydrogen-bond donors (Lipinski definition) is 1. The fraction of sp³-hybridized carbons (Fsp3) is 0.333. The molecule has 0 saturated heterocycles. The molecule has 0 fully saturated rings. The Morgan fingerprint density at radius 3 is 3.18 bits per heavy atom. The topological polar surface area (TPSA) is 55.0 Å². The normalized spacial score (nSPS) is 9.64. The molecule has 4 nitrogen and oxygen atoms in total. The fourth-order valence-corrected chi connectivity index (χ4v) is 0.769. The summed E-state index contributed by atoms with van der Waals surface area (Å²) in [4.78, 5) is 10.9. The maximum atomic E-state index is 10.9. The molecule has 0 saturated carbocycles. The minimum atomic E-state index is -0.365. The van der Waals surface area contributed by atoms with Gasteiger partial charge in [0.05, 0.1) is 6.61 Å². The van der Waals surface area contributed by atoms with Gasteiger partial charge in [-0.15, -0.1) is 0 Å². The molecule has 0 aliphatic heterocycles. The van der Waals surface area contributed by atoms with Crippen molar-refractivity contribution in [3.05, 3.63) is 21.6 Å². The summed E-state index contributed by atoms with van der Waals surface area (Å²) in [5.74, 6) is 0.201. The number of aromatic nitrogens is 2. The van der Waals surface area contributed by atoms with E-state index < -0.39 is 0 Å². The van der Waals surface area contributed by atoms with Gasteiger partial charge in [0.25, 0.3) is 0 Å². The molecule has 1 rings (SSSR count). The van der Waals surface area contributed by atoms with Gasteiger partial charge in [-0.05, 0) is 6.92 Å². The zero-order chi connectivity index (χ0) is 8.27. The van der Waals surface area contributed by atoms with E-state index in [4.69, 9.17) is 16.3 Å². The first kappa shape index (κ1) is 8.07. The molecule has 1 aromatic rings. The summed E-state index contributed by atoms with van der Waals surface area (Å²) in [5, 5.41) is 5.88. The summed E-state index contributed by atoms with van der Waals surface area (Å²) in [6, 6.07) is 1.38. The van der Waals surface area contributed by atoms with E-state index in [1.807, 2.05) is 0 Å². The van der Waals surface area contributed by atoms with E-state index in [9.17, 15) is 4.79 Å². The second-order valence-corrected chi connectivity index (χ2v) is 2.20. The molecule has 0 aliphatic carbocycles. The van der Waals surface area contributed by atoms with Crippen molar-refractivity contribution >= 4 is 11.6 Å². The fourth-order valence-electron chi connectivity index (χ4n) is 0.628. The lowest BCUT2D eigenvalue weighted by atomic mass is 10.5. The van der Waals surface area contributed by atoms with Gasteiger partial charge in [0.1, 0.15) is 0 Å². The summed E-state index contributed by atoms with van der Waals surface area (Å²) in [5.41, 5.74) is -0.365. The van der Waals surface area contributed by atoms with Crippen molar-refractivity contribution in [1.29, 1.82) is 0 Å². The average molecular weight is 175 g/mol. The highest BCUT2D eigenvalue weighted by molar-refractivity contribution is 6.29. The first-order chi connectivity index (χ1) is 5.24. The molecule has 1 aromatic heterocycles. The molecule has 11 heavy (non-hydrogen) atoms. The van der Waals surface area contributed by atoms with Crippen LogP contribution >= 0.6 is 11.6 Å². The molecule has 1 N–H and O–H groups in total. The van der Waals surface area contributed by atoms with Crippen molar-refractivity contribution in [1.82, 2.24) is 10.2 Å². The van der Waals surface area contributed by atoms with E-state index in [1.54, 1.807) is 6.92 Å². The number of hydrogen-bond acceptors (Lipinski definition) is 3. The Balaban J connectivity index is 3.03. The summed E-state index contributed by atoms with van der Waals surface area (Å²) < 4.78 is 4.95. The zero-order valence-corrected chi connectivity index (χ0v) is 6.68. The highest BCUT2D eigenvalue weighted by Crippen LogP contribution is 2.07. The second kappa shape index (κ2) is 3.39. The summed E-state index contributed by atoms with van der Waals surface area (Å²) >= 11 is 5.49. The maximum absolute atomic E-state index is 10.9. The molecule has 60 valence electrons. The van der Waals surface area contributed by atoms with Crippen LogP contribution in [0.1, 0.15) is 6.92 Å². The van der Waals surface area contributed by atoms with Crippen molar-refractivity contribution in [3.63, 3.8) is 0 Å². The van der Waals surface area contributed by atoms with Gasteiger partial charge < -0.3 is 4.74 Å². The largest absolute Gasteiger partial charge is 0.488 e. The summed E-state index contributed by atoms with van der Waals surface area (Å²) in [7, 11) is 0. The number of halogens is 1. The van der Waals surface area contributed by atoms with Gasteiger partial charge >= 0.3 is 5.56 Å². The van der Waals surface area contributed by atoms with E-state index in [0.717, 1.165) is 0 Å². The van der Waals surface area contributed by atoms with Crippen LogP contribution < -0.4 is 10.3 Å². The minimum absolute atomic E-state index is 0.201. The van der Waals surface area contributed by atoms with Crippen molar-refractivity contribution < 1.29 is 4.74 Å². The third kappa shape index (κ3) is 1.94. The van der Waals surface area contributed by atoms with Crippen molar-refractivity contribution in [2.45, 2.75) is 6.92 Å². The predicted octanol–water partition coefficient (Wildman–Crippen LogP) is 0.822. The lowest BCUT2D eigenvalue weighted by molar-refractivity contribution is 0.334. The molecule has 0 atom stereocenters. The van der Waals surface area contributed by atoms with E-state index in [1.165, 1.54) is 6.07 Å². The monoisotopic (exact) mass is 174 g/mol. The lowest BCUT2D eigenvalue weighted by Gasteiger charge is -1.99. The highest BCUT2D eigenvalue weighted by Gasteiger charge is 2.00. The van der Waals surface area contributed by atoms with Crippen LogP contribution in [-0.2, 0) is 0 Å². The number of rotatable bonds is 2. The van der Waals surface area contributed by atoms with Crippen LogP contribution in [0, 0.1) is 0 Å². The average Bonchev–Trinajstić information content (AvgIpc) is 1.98. The van der Waals surface area contributed by atoms with Gasteiger partial charge in [0.15, 0.2) is 10.9 Å². The molecular formula is C6H7ClN2O2. The first-order valence-electron chi connectivity index (χ1n) is 3.12. The summed E-state index contributed by atoms with van der Waals surface area (Å²) in [6.45, 7) is 2.22. The Morgan fingerprint density at radius 2 is 2.55 bits per heavy atom. The molecule has 0 radical (unpaired) electrons. The molecule has 0 unspecified atom stereocenters. The Kier molecular flexibility index (Phi) is 2.48. The minimum Gasteiger partial charge on any atom is -0.488 e. The molecule has 5 heteroatoms. The van der Waals surface area contributed by atoms with Gasteiger partial charge in [-0.1, -0.05) is 11.6 Å². The highest BCUT2D eigenvalue weighted by atomic mass is 35.5. The Bertz CT molecular complexity index is 297. The van der Waals surface area contributed by atoms with Crippen LogP contribution in [0.15, 0.2) is 10.9 Å². The van der Waals surface area contributed by atoms with Crippen LogP contribution in [0.4, 0.5) is 0 Å². The molecular weight excluding hydrogens is 168 g/mol. The van der Waals surface area contributed by atoms with E-state index in [2.05, 4.69) is 10.2 Å². The third-order valence-corrected chi connectivity index (χ3v) is 1.23. The number of nitrogens with one attached hydrogen (secondary N) is 1. The summed E-state index contributed by atoms with van der Waals surface area (Å²) in [6.07, 6.45) is 0. The standard InChI is InChI=1S/C6H7ClN2O2/c1-2-11-4-3-5(7)8-9-6(4)10/h3H,2H2,1H3,(H,9,10). The van der Waals surface area contributed by atoms with Gasteiger partial charge in [0, 0.05) is 6.07 Å². The third-order valence-electron chi connectivity index (χ3n) is 1.04. The molecule has 0 aromatic carbocycles. The van der Waals surface area contributed by atoms with Crippen LogP contribution in [0.2, 0.25) is 5.15 Å². The molecule has 0 spiro atoms. The molecule has 0 bridgehead atoms. The second-order valence-electron chi connectivity index (χ2n) is 1.82. The Labute approximate surface area is 68.1 Å². The van der Waals surface area contributed by atoms with Crippen molar-refractivity contribution in [2.75, 3.05) is 6.61 Å². The number of aromatic amines is 1.